The van der Waals surface area contributed by atoms with Crippen LogP contribution in [0.2, 0.25) is 0 Å². The van der Waals surface area contributed by atoms with E-state index in [4.69, 9.17) is 5.73 Å². The minimum Gasteiger partial charge on any atom is -0.369 e. The van der Waals surface area contributed by atoms with Gasteiger partial charge in [0.15, 0.2) is 0 Å². The predicted octanol–water partition coefficient (Wildman–Crippen LogP) is 0.922. The summed E-state index contributed by atoms with van der Waals surface area (Å²) in [6.07, 6.45) is 2.93. The molecular weight excluding hydrogens is 370 g/mol. The van der Waals surface area contributed by atoms with E-state index >= 15 is 0 Å². The molecule has 0 saturated carbocycles. The first-order valence-corrected chi connectivity index (χ1v) is 10.3. The third-order valence-electron chi connectivity index (χ3n) is 5.12. The van der Waals surface area contributed by atoms with E-state index in [2.05, 4.69) is 15.5 Å². The number of nitrogens with zero attached hydrogens (tertiary/aromatic N) is 2. The molecule has 1 unspecified atom stereocenters. The molecule has 4 amide bonds. The van der Waals surface area contributed by atoms with Crippen LogP contribution in [0.5, 0.6) is 0 Å². The molecule has 2 rings (SSSR count). The number of hydrogen-bond donors (Lipinski definition) is 3. The number of urea groups is 1. The number of nitrogens with two attached hydrogens (primary N) is 1. The van der Waals surface area contributed by atoms with Gasteiger partial charge in [-0.1, -0.05) is 30.3 Å². The highest BCUT2D eigenvalue weighted by Gasteiger charge is 2.23. The van der Waals surface area contributed by atoms with Gasteiger partial charge in [0.2, 0.25) is 11.8 Å². The zero-order chi connectivity index (χ0) is 21.1. The minimum absolute atomic E-state index is 0.0537. The van der Waals surface area contributed by atoms with Gasteiger partial charge in [-0.3, -0.25) is 9.59 Å². The van der Waals surface area contributed by atoms with Crippen LogP contribution in [0.3, 0.4) is 0 Å². The smallest absolute Gasteiger partial charge is 0.317 e. The van der Waals surface area contributed by atoms with Crippen LogP contribution in [0, 0.1) is 5.92 Å². The summed E-state index contributed by atoms with van der Waals surface area (Å²) in [5.41, 5.74) is 6.45. The molecule has 1 fully saturated rings. The molecule has 0 spiro atoms. The second kappa shape index (κ2) is 12.1. The van der Waals surface area contributed by atoms with E-state index in [0.717, 1.165) is 37.9 Å². The fourth-order valence-corrected chi connectivity index (χ4v) is 3.46. The lowest BCUT2D eigenvalue weighted by atomic mass is 9.97. The Kier molecular flexibility index (Phi) is 9.43. The molecule has 1 atom stereocenters. The number of primary amides is 1. The number of piperidine rings is 1. The summed E-state index contributed by atoms with van der Waals surface area (Å²) in [5, 5.41) is 5.64. The van der Waals surface area contributed by atoms with Gasteiger partial charge in [0.25, 0.3) is 0 Å². The van der Waals surface area contributed by atoms with E-state index in [0.29, 0.717) is 26.2 Å². The van der Waals surface area contributed by atoms with Gasteiger partial charge in [0.1, 0.15) is 0 Å². The largest absolute Gasteiger partial charge is 0.369 e. The first kappa shape index (κ1) is 22.7. The average Bonchev–Trinajstić information content (AvgIpc) is 2.72. The third-order valence-corrected chi connectivity index (χ3v) is 5.12. The van der Waals surface area contributed by atoms with Gasteiger partial charge in [-0.15, -0.1) is 0 Å². The van der Waals surface area contributed by atoms with Crippen LogP contribution in [0.25, 0.3) is 0 Å². The van der Waals surface area contributed by atoms with Gasteiger partial charge >= 0.3 is 6.03 Å². The average molecular weight is 404 g/mol. The Balaban J connectivity index is 1.53. The number of likely N-dealkylation sites (tertiary alicyclic amines) is 1. The number of hydrogen-bond acceptors (Lipinski definition) is 4. The fraction of sp³-hybridized carbons (Fsp3) is 0.571. The molecule has 8 heteroatoms. The van der Waals surface area contributed by atoms with Crippen molar-refractivity contribution in [3.63, 3.8) is 0 Å². The van der Waals surface area contributed by atoms with Crippen molar-refractivity contribution in [3.05, 3.63) is 35.9 Å². The standard InChI is InChI=1S/C21H33N5O3/c1-25(15-17-7-3-2-4-8-17)21(29)24-12-10-19(27)23-11-6-14-26-13-5-9-18(16-26)20(22)28/h2-4,7-8,18H,5-6,9-16H2,1H3,(H2,22,28)(H,23,27)(H,24,29). The summed E-state index contributed by atoms with van der Waals surface area (Å²) in [6, 6.07) is 9.55. The predicted molar refractivity (Wildman–Crippen MR) is 112 cm³/mol. The maximum Gasteiger partial charge on any atom is 0.317 e. The van der Waals surface area contributed by atoms with Gasteiger partial charge in [-0.2, -0.15) is 0 Å². The minimum atomic E-state index is -0.223. The molecule has 160 valence electrons. The third kappa shape index (κ3) is 8.51. The Labute approximate surface area is 172 Å². The topological polar surface area (TPSA) is 108 Å². The monoisotopic (exact) mass is 403 g/mol. The maximum atomic E-state index is 12.1. The summed E-state index contributed by atoms with van der Waals surface area (Å²) in [5.74, 6) is -0.355. The quantitative estimate of drug-likeness (QED) is 0.505. The van der Waals surface area contributed by atoms with E-state index in [1.807, 2.05) is 30.3 Å². The second-order valence-electron chi connectivity index (χ2n) is 7.57. The molecule has 1 aliphatic heterocycles. The number of benzene rings is 1. The molecule has 1 aliphatic rings. The summed E-state index contributed by atoms with van der Waals surface area (Å²) in [6.45, 7) is 3.93. The first-order chi connectivity index (χ1) is 14.0. The molecule has 1 saturated heterocycles. The van der Waals surface area contributed by atoms with Crippen LogP contribution >= 0.6 is 0 Å². The molecule has 0 bridgehead atoms. The van der Waals surface area contributed by atoms with Gasteiger partial charge in [0.05, 0.1) is 5.92 Å². The lowest BCUT2D eigenvalue weighted by Crippen LogP contribution is -2.42. The summed E-state index contributed by atoms with van der Waals surface area (Å²) in [7, 11) is 1.73. The molecule has 8 nitrogen and oxygen atoms in total. The van der Waals surface area contributed by atoms with Gasteiger partial charge in [-0.05, 0) is 37.9 Å². The Hall–Kier alpha value is -2.61. The van der Waals surface area contributed by atoms with Crippen molar-refractivity contribution in [2.75, 3.05) is 39.8 Å². The fourth-order valence-electron chi connectivity index (χ4n) is 3.46. The number of carbonyl (C=O) groups excluding carboxylic acids is 3. The van der Waals surface area contributed by atoms with Crippen molar-refractivity contribution in [1.29, 1.82) is 0 Å². The van der Waals surface area contributed by atoms with Crippen molar-refractivity contribution in [3.8, 4) is 0 Å². The molecule has 1 aromatic rings. The second-order valence-corrected chi connectivity index (χ2v) is 7.57. The summed E-state index contributed by atoms with van der Waals surface area (Å²) in [4.78, 5) is 39.1. The summed E-state index contributed by atoms with van der Waals surface area (Å²) < 4.78 is 0. The van der Waals surface area contributed by atoms with Crippen LogP contribution in [0.4, 0.5) is 4.79 Å². The van der Waals surface area contributed by atoms with Crippen molar-refractivity contribution in [2.45, 2.75) is 32.2 Å². The molecular formula is C21H33N5O3. The Bertz CT molecular complexity index is 668. The number of nitrogens with one attached hydrogen (secondary N) is 2. The van der Waals surface area contributed by atoms with Crippen LogP contribution in [0.1, 0.15) is 31.2 Å². The van der Waals surface area contributed by atoms with E-state index in [-0.39, 0.29) is 30.2 Å². The SMILES string of the molecule is CN(Cc1ccccc1)C(=O)NCCC(=O)NCCCN1CCCC(C(N)=O)C1. The maximum absolute atomic E-state index is 12.1. The van der Waals surface area contributed by atoms with Gasteiger partial charge < -0.3 is 26.2 Å². The van der Waals surface area contributed by atoms with E-state index in [9.17, 15) is 14.4 Å². The van der Waals surface area contributed by atoms with Crippen molar-refractivity contribution in [1.82, 2.24) is 20.4 Å². The normalized spacial score (nSPS) is 16.8. The van der Waals surface area contributed by atoms with Crippen molar-refractivity contribution >= 4 is 17.8 Å². The molecule has 0 aromatic heterocycles. The van der Waals surface area contributed by atoms with Crippen LogP contribution in [-0.2, 0) is 16.1 Å². The highest BCUT2D eigenvalue weighted by molar-refractivity contribution is 5.78. The lowest BCUT2D eigenvalue weighted by Gasteiger charge is -2.31. The number of amides is 4. The lowest BCUT2D eigenvalue weighted by molar-refractivity contribution is -0.123. The summed E-state index contributed by atoms with van der Waals surface area (Å²) >= 11 is 0. The number of rotatable bonds is 10. The van der Waals surface area contributed by atoms with Crippen molar-refractivity contribution in [2.24, 2.45) is 11.7 Å². The highest BCUT2D eigenvalue weighted by atomic mass is 16.2. The van der Waals surface area contributed by atoms with Gasteiger partial charge in [-0.25, -0.2) is 4.79 Å². The molecule has 29 heavy (non-hydrogen) atoms. The first-order valence-electron chi connectivity index (χ1n) is 10.3. The highest BCUT2D eigenvalue weighted by Crippen LogP contribution is 2.15. The Morgan fingerprint density at radius 2 is 1.93 bits per heavy atom. The van der Waals surface area contributed by atoms with Crippen LogP contribution < -0.4 is 16.4 Å². The van der Waals surface area contributed by atoms with E-state index in [1.165, 1.54) is 0 Å². The van der Waals surface area contributed by atoms with Crippen LogP contribution in [0.15, 0.2) is 30.3 Å². The van der Waals surface area contributed by atoms with E-state index in [1.54, 1.807) is 11.9 Å². The van der Waals surface area contributed by atoms with E-state index < -0.39 is 0 Å². The molecule has 0 aliphatic carbocycles. The van der Waals surface area contributed by atoms with Crippen molar-refractivity contribution < 1.29 is 14.4 Å². The molecule has 1 aromatic carbocycles. The van der Waals surface area contributed by atoms with Crippen LogP contribution in [-0.4, -0.2) is 67.4 Å². The zero-order valence-corrected chi connectivity index (χ0v) is 17.2. The van der Waals surface area contributed by atoms with Gasteiger partial charge in [0, 0.05) is 39.6 Å². The Morgan fingerprint density at radius 1 is 1.17 bits per heavy atom. The Morgan fingerprint density at radius 3 is 2.66 bits per heavy atom. The molecule has 0 radical (unpaired) electrons. The zero-order valence-electron chi connectivity index (χ0n) is 17.2. The molecule has 1 heterocycles. The molecule has 4 N–H and O–H groups in total. The number of carbonyl (C=O) groups is 3.